The molecule has 2 amide bonds. The van der Waals surface area contributed by atoms with Crippen molar-refractivity contribution >= 4 is 28.4 Å². The van der Waals surface area contributed by atoms with Crippen LogP contribution in [0, 0.1) is 11.6 Å². The van der Waals surface area contributed by atoms with Gasteiger partial charge < -0.3 is 20.2 Å². The molecule has 0 unspecified atom stereocenters. The number of hydrogen-bond donors (Lipinski definition) is 2. The number of aromatic nitrogens is 1. The van der Waals surface area contributed by atoms with E-state index in [0.717, 1.165) is 24.3 Å². The molecule has 2 aromatic carbocycles. The van der Waals surface area contributed by atoms with Crippen molar-refractivity contribution in [3.8, 4) is 0 Å². The zero-order chi connectivity index (χ0) is 22.2. The van der Waals surface area contributed by atoms with Crippen molar-refractivity contribution in [2.24, 2.45) is 0 Å². The number of benzene rings is 2. The van der Waals surface area contributed by atoms with E-state index in [9.17, 15) is 18.7 Å². The zero-order valence-electron chi connectivity index (χ0n) is 17.5. The number of likely N-dealkylation sites (tertiary alicyclic amines) is 1. The minimum Gasteiger partial charge on any atom is -0.391 e. The van der Waals surface area contributed by atoms with Crippen molar-refractivity contribution in [1.82, 2.24) is 9.88 Å². The van der Waals surface area contributed by atoms with Crippen LogP contribution in [-0.4, -0.2) is 46.8 Å². The Hall–Kier alpha value is -3.26. The number of carbonyl (C=O) groups excluding carboxylic acids is 1. The Balaban J connectivity index is 1.41. The van der Waals surface area contributed by atoms with Gasteiger partial charge in [0.15, 0.2) is 0 Å². The molecule has 1 aromatic heterocycles. The van der Waals surface area contributed by atoms with E-state index < -0.39 is 17.7 Å². The molecule has 0 saturated carbocycles. The van der Waals surface area contributed by atoms with E-state index in [1.54, 1.807) is 11.0 Å². The number of nitrogens with one attached hydrogen (secondary N) is 1. The molecular weight excluding hydrogens is 414 g/mol. The lowest BCUT2D eigenvalue weighted by Gasteiger charge is -2.26. The summed E-state index contributed by atoms with van der Waals surface area (Å²) in [6.07, 6.45) is 1.69. The Kier molecular flexibility index (Phi) is 5.38. The third kappa shape index (κ3) is 3.98. The summed E-state index contributed by atoms with van der Waals surface area (Å²) in [7, 11) is 0. The second-order valence-electron chi connectivity index (χ2n) is 8.41. The number of aliphatic hydroxyl groups is 1. The highest BCUT2D eigenvalue weighted by molar-refractivity contribution is 5.93. The molecule has 166 valence electrons. The highest BCUT2D eigenvalue weighted by Gasteiger charge is 2.30. The molecular formula is C24H24F2N4O2. The summed E-state index contributed by atoms with van der Waals surface area (Å²) in [6, 6.07) is 12.4. The Bertz CT molecular complexity index is 1170. The van der Waals surface area contributed by atoms with Gasteiger partial charge in [0.25, 0.3) is 0 Å². The van der Waals surface area contributed by atoms with Gasteiger partial charge in [-0.1, -0.05) is 6.07 Å². The van der Waals surface area contributed by atoms with Crippen molar-refractivity contribution in [2.45, 2.75) is 31.4 Å². The fourth-order valence-electron chi connectivity index (χ4n) is 4.61. The number of β-amino-alcohol motifs (C(OH)–C–C–N with tert-alkyl or cyclic N) is 1. The molecule has 0 aliphatic carbocycles. The molecule has 32 heavy (non-hydrogen) atoms. The number of carbonyl (C=O) groups is 1. The Morgan fingerprint density at radius 2 is 1.91 bits per heavy atom. The number of amides is 2. The summed E-state index contributed by atoms with van der Waals surface area (Å²) >= 11 is 0. The van der Waals surface area contributed by atoms with Crippen molar-refractivity contribution < 1.29 is 18.7 Å². The van der Waals surface area contributed by atoms with E-state index in [0.29, 0.717) is 48.6 Å². The first-order valence-corrected chi connectivity index (χ1v) is 10.8. The van der Waals surface area contributed by atoms with Gasteiger partial charge in [0.1, 0.15) is 17.5 Å². The first-order chi connectivity index (χ1) is 15.5. The maximum absolute atomic E-state index is 14.4. The van der Waals surface area contributed by atoms with Crippen LogP contribution in [0.1, 0.15) is 30.9 Å². The van der Waals surface area contributed by atoms with Gasteiger partial charge in [-0.15, -0.1) is 0 Å². The molecule has 3 aromatic rings. The highest BCUT2D eigenvalue weighted by atomic mass is 19.1. The van der Waals surface area contributed by atoms with Gasteiger partial charge in [-0.25, -0.2) is 18.6 Å². The fraction of sp³-hybridized carbons (Fsp3) is 0.333. The number of anilines is 2. The smallest absolute Gasteiger partial charge is 0.321 e. The quantitative estimate of drug-likeness (QED) is 0.634. The molecule has 2 fully saturated rings. The summed E-state index contributed by atoms with van der Waals surface area (Å²) in [6.45, 7) is 1.55. The molecule has 8 heteroatoms. The molecule has 0 spiro atoms. The molecule has 2 aliphatic heterocycles. The Morgan fingerprint density at radius 3 is 2.72 bits per heavy atom. The molecule has 0 bridgehead atoms. The molecule has 0 radical (unpaired) electrons. The predicted molar refractivity (Wildman–Crippen MR) is 119 cm³/mol. The van der Waals surface area contributed by atoms with Crippen LogP contribution in [0.15, 0.2) is 48.5 Å². The summed E-state index contributed by atoms with van der Waals surface area (Å²) in [4.78, 5) is 20.8. The molecule has 3 heterocycles. The van der Waals surface area contributed by atoms with Crippen LogP contribution < -0.4 is 10.2 Å². The third-order valence-electron chi connectivity index (χ3n) is 6.24. The number of pyridine rings is 1. The van der Waals surface area contributed by atoms with Crippen LogP contribution in [-0.2, 0) is 0 Å². The van der Waals surface area contributed by atoms with E-state index in [1.165, 1.54) is 12.1 Å². The van der Waals surface area contributed by atoms with Gasteiger partial charge in [-0.2, -0.15) is 0 Å². The summed E-state index contributed by atoms with van der Waals surface area (Å²) in [5, 5.41) is 13.4. The minimum atomic E-state index is -0.474. The highest BCUT2D eigenvalue weighted by Crippen LogP contribution is 2.37. The molecule has 6 nitrogen and oxygen atoms in total. The topological polar surface area (TPSA) is 68.7 Å². The lowest BCUT2D eigenvalue weighted by atomic mass is 10.0. The lowest BCUT2D eigenvalue weighted by molar-refractivity contribution is 0.176. The van der Waals surface area contributed by atoms with Crippen LogP contribution >= 0.6 is 0 Å². The molecule has 2 saturated heterocycles. The molecule has 2 aliphatic rings. The number of urea groups is 1. The van der Waals surface area contributed by atoms with Gasteiger partial charge in [-0.05, 0) is 61.7 Å². The number of hydrogen-bond acceptors (Lipinski definition) is 4. The van der Waals surface area contributed by atoms with Gasteiger partial charge in [0, 0.05) is 36.3 Å². The second-order valence-corrected chi connectivity index (χ2v) is 8.41. The van der Waals surface area contributed by atoms with Crippen molar-refractivity contribution in [3.05, 3.63) is 65.7 Å². The largest absolute Gasteiger partial charge is 0.391 e. The molecule has 2 N–H and O–H groups in total. The van der Waals surface area contributed by atoms with Crippen LogP contribution in [0.3, 0.4) is 0 Å². The summed E-state index contributed by atoms with van der Waals surface area (Å²) in [5.41, 5.74) is 1.66. The standard InChI is InChI=1S/C24H24F2N4O2/c25-16-5-7-20(26)19(12-16)22-2-1-10-30(22)23-8-4-15-3-6-17(13-21(15)28-23)27-24(32)29-11-9-18(31)14-29/h3-8,12-13,18,22,31H,1-2,9-11,14H2,(H,27,32)/t18-,22+/m0/s1. The summed E-state index contributed by atoms with van der Waals surface area (Å²) < 4.78 is 28.2. The normalized spacial score (nSPS) is 20.8. The van der Waals surface area contributed by atoms with Gasteiger partial charge in [0.05, 0.1) is 17.7 Å². The second kappa shape index (κ2) is 8.35. The number of fused-ring (bicyclic) bond motifs is 1. The van der Waals surface area contributed by atoms with Gasteiger partial charge >= 0.3 is 6.03 Å². The first-order valence-electron chi connectivity index (χ1n) is 10.8. The predicted octanol–water partition coefficient (Wildman–Crippen LogP) is 4.45. The monoisotopic (exact) mass is 438 g/mol. The van der Waals surface area contributed by atoms with Gasteiger partial charge in [0.2, 0.25) is 0 Å². The van der Waals surface area contributed by atoms with Crippen molar-refractivity contribution in [3.63, 3.8) is 0 Å². The summed E-state index contributed by atoms with van der Waals surface area (Å²) in [5.74, 6) is -0.179. The van der Waals surface area contributed by atoms with E-state index in [1.807, 2.05) is 29.2 Å². The van der Waals surface area contributed by atoms with Gasteiger partial charge in [-0.3, -0.25) is 0 Å². The zero-order valence-corrected chi connectivity index (χ0v) is 17.5. The molecule has 5 rings (SSSR count). The fourth-order valence-corrected chi connectivity index (χ4v) is 4.61. The van der Waals surface area contributed by atoms with E-state index in [-0.39, 0.29) is 12.1 Å². The number of halogens is 2. The average molecular weight is 438 g/mol. The Labute approximate surface area is 184 Å². The molecule has 2 atom stereocenters. The van der Waals surface area contributed by atoms with Crippen LogP contribution in [0.25, 0.3) is 10.9 Å². The Morgan fingerprint density at radius 1 is 1.06 bits per heavy atom. The van der Waals surface area contributed by atoms with E-state index in [4.69, 9.17) is 4.98 Å². The van der Waals surface area contributed by atoms with Crippen molar-refractivity contribution in [2.75, 3.05) is 29.9 Å². The first kappa shape index (κ1) is 20.6. The number of nitrogens with zero attached hydrogens (tertiary/aromatic N) is 3. The maximum Gasteiger partial charge on any atom is 0.321 e. The van der Waals surface area contributed by atoms with Crippen LogP contribution in [0.5, 0.6) is 0 Å². The minimum absolute atomic E-state index is 0.252. The van der Waals surface area contributed by atoms with E-state index >= 15 is 0 Å². The third-order valence-corrected chi connectivity index (χ3v) is 6.24. The number of aliphatic hydroxyl groups excluding tert-OH is 1. The van der Waals surface area contributed by atoms with E-state index in [2.05, 4.69) is 5.32 Å². The SMILES string of the molecule is O=C(Nc1ccc2ccc(N3CCC[C@@H]3c3cc(F)ccc3F)nc2c1)N1CC[C@H](O)C1. The van der Waals surface area contributed by atoms with Crippen LogP contribution in [0.2, 0.25) is 0 Å². The van der Waals surface area contributed by atoms with Crippen LogP contribution in [0.4, 0.5) is 25.1 Å². The average Bonchev–Trinajstić information content (AvgIpc) is 3.44. The van der Waals surface area contributed by atoms with Crippen molar-refractivity contribution in [1.29, 1.82) is 0 Å². The lowest BCUT2D eigenvalue weighted by Crippen LogP contribution is -2.33. The number of rotatable bonds is 3. The maximum atomic E-state index is 14.4.